The Bertz CT molecular complexity index is 497. The number of nitrogens with one attached hydrogen (secondary N) is 1. The van der Waals surface area contributed by atoms with Crippen LogP contribution in [0.1, 0.15) is 57.3 Å². The molecule has 130 valence electrons. The lowest BCUT2D eigenvalue weighted by atomic mass is 9.91. The molecule has 1 N–H and O–H groups in total. The fourth-order valence-corrected chi connectivity index (χ4v) is 2.66. The van der Waals surface area contributed by atoms with Gasteiger partial charge >= 0.3 is 0 Å². The van der Waals surface area contributed by atoms with Crippen LogP contribution >= 0.6 is 0 Å². The van der Waals surface area contributed by atoms with Crippen molar-refractivity contribution in [2.24, 2.45) is 11.8 Å². The third kappa shape index (κ3) is 4.75. The van der Waals surface area contributed by atoms with E-state index in [1.54, 1.807) is 7.11 Å². The van der Waals surface area contributed by atoms with E-state index in [0.29, 0.717) is 31.5 Å². The average Bonchev–Trinajstić information content (AvgIpc) is 3.03. The molecule has 2 heterocycles. The number of aromatic nitrogens is 2. The summed E-state index contributed by atoms with van der Waals surface area (Å²) < 4.78 is 15.9. The van der Waals surface area contributed by atoms with Gasteiger partial charge in [-0.2, -0.15) is 4.98 Å². The van der Waals surface area contributed by atoms with Gasteiger partial charge in [0.15, 0.2) is 5.82 Å². The number of methoxy groups -OCH3 is 1. The average molecular weight is 325 g/mol. The molecule has 2 atom stereocenters. The Balaban J connectivity index is 2.15. The monoisotopic (exact) mass is 325 g/mol. The van der Waals surface area contributed by atoms with Crippen LogP contribution in [0.25, 0.3) is 0 Å². The van der Waals surface area contributed by atoms with E-state index in [1.807, 2.05) is 20.8 Å². The highest BCUT2D eigenvalue weighted by atomic mass is 16.5. The number of carbonyl (C=O) groups is 1. The second kappa shape index (κ2) is 8.40. The quantitative estimate of drug-likeness (QED) is 0.826. The molecule has 1 aromatic rings. The van der Waals surface area contributed by atoms with Crippen molar-refractivity contribution >= 4 is 5.91 Å². The minimum atomic E-state index is -0.272. The van der Waals surface area contributed by atoms with Gasteiger partial charge in [0.2, 0.25) is 11.8 Å². The molecular formula is C16H27N3O4. The van der Waals surface area contributed by atoms with Crippen LogP contribution in [0, 0.1) is 11.8 Å². The van der Waals surface area contributed by atoms with E-state index in [2.05, 4.69) is 15.5 Å². The summed E-state index contributed by atoms with van der Waals surface area (Å²) in [6.07, 6.45) is 1.73. The highest BCUT2D eigenvalue weighted by molar-refractivity contribution is 5.78. The molecule has 1 aliphatic rings. The van der Waals surface area contributed by atoms with Crippen molar-refractivity contribution in [1.29, 1.82) is 0 Å². The van der Waals surface area contributed by atoms with E-state index in [0.717, 1.165) is 12.8 Å². The maximum absolute atomic E-state index is 12.4. The van der Waals surface area contributed by atoms with Gasteiger partial charge in [-0.1, -0.05) is 25.9 Å². The molecule has 0 aliphatic carbocycles. The molecule has 0 bridgehead atoms. The van der Waals surface area contributed by atoms with Crippen molar-refractivity contribution in [2.45, 2.75) is 45.6 Å². The Labute approximate surface area is 137 Å². The normalized spacial score (nSPS) is 18.8. The first-order valence-corrected chi connectivity index (χ1v) is 8.23. The molecule has 7 heteroatoms. The lowest BCUT2D eigenvalue weighted by Gasteiger charge is -2.29. The molecule has 2 rings (SSSR count). The van der Waals surface area contributed by atoms with E-state index in [4.69, 9.17) is 14.0 Å². The van der Waals surface area contributed by atoms with Crippen LogP contribution in [-0.2, 0) is 14.3 Å². The molecule has 23 heavy (non-hydrogen) atoms. The van der Waals surface area contributed by atoms with Crippen molar-refractivity contribution in [3.8, 4) is 0 Å². The van der Waals surface area contributed by atoms with E-state index >= 15 is 0 Å². The van der Waals surface area contributed by atoms with Gasteiger partial charge in [0.1, 0.15) is 6.04 Å². The summed E-state index contributed by atoms with van der Waals surface area (Å²) in [7, 11) is 1.59. The second-order valence-electron chi connectivity index (χ2n) is 6.44. The minimum Gasteiger partial charge on any atom is -0.384 e. The third-order valence-corrected chi connectivity index (χ3v) is 4.14. The summed E-state index contributed by atoms with van der Waals surface area (Å²) in [6.45, 7) is 7.63. The van der Waals surface area contributed by atoms with Gasteiger partial charge in [-0.15, -0.1) is 0 Å². The first kappa shape index (κ1) is 17.9. The lowest BCUT2D eigenvalue weighted by molar-refractivity contribution is -0.127. The number of rotatable bonds is 7. The molecule has 0 spiro atoms. The van der Waals surface area contributed by atoms with Crippen molar-refractivity contribution < 1.29 is 18.8 Å². The Hall–Kier alpha value is -1.47. The molecule has 1 amide bonds. The van der Waals surface area contributed by atoms with Gasteiger partial charge in [0.05, 0.1) is 12.5 Å². The van der Waals surface area contributed by atoms with Crippen LogP contribution < -0.4 is 5.32 Å². The molecule has 0 radical (unpaired) electrons. The maximum Gasteiger partial charge on any atom is 0.249 e. The number of ether oxygens (including phenoxy) is 2. The Morgan fingerprint density at radius 1 is 1.35 bits per heavy atom. The first-order chi connectivity index (χ1) is 11.0. The standard InChI is InChI=1S/C16H27N3O4/c1-10(2)14-18-16(23-19-14)13(12-5-7-22-8-6-12)17-15(20)11(3)9-21-4/h10-13H,5-9H2,1-4H3,(H,17,20)/t11-,13-/m1/s1. The summed E-state index contributed by atoms with van der Waals surface area (Å²) in [5.41, 5.74) is 0. The predicted octanol–water partition coefficient (Wildman–Crippen LogP) is 2.06. The Kier molecular flexibility index (Phi) is 6.53. The second-order valence-corrected chi connectivity index (χ2v) is 6.44. The Morgan fingerprint density at radius 2 is 2.04 bits per heavy atom. The largest absolute Gasteiger partial charge is 0.384 e. The van der Waals surface area contributed by atoms with E-state index < -0.39 is 0 Å². The number of carbonyl (C=O) groups excluding carboxylic acids is 1. The summed E-state index contributed by atoms with van der Waals surface area (Å²) in [6, 6.07) is -0.272. The molecule has 1 aromatic heterocycles. The van der Waals surface area contributed by atoms with Gasteiger partial charge in [0.25, 0.3) is 0 Å². The molecular weight excluding hydrogens is 298 g/mol. The zero-order valence-corrected chi connectivity index (χ0v) is 14.4. The van der Waals surface area contributed by atoms with E-state index in [1.165, 1.54) is 0 Å². The smallest absolute Gasteiger partial charge is 0.249 e. The predicted molar refractivity (Wildman–Crippen MR) is 83.9 cm³/mol. The van der Waals surface area contributed by atoms with Crippen LogP contribution in [-0.4, -0.2) is 43.0 Å². The Morgan fingerprint density at radius 3 is 2.61 bits per heavy atom. The molecule has 1 saturated heterocycles. The molecule has 0 unspecified atom stereocenters. The van der Waals surface area contributed by atoms with Gasteiger partial charge < -0.3 is 19.3 Å². The van der Waals surface area contributed by atoms with Gasteiger partial charge in [-0.3, -0.25) is 4.79 Å². The molecule has 1 fully saturated rings. The van der Waals surface area contributed by atoms with Gasteiger partial charge in [0, 0.05) is 26.2 Å². The fraction of sp³-hybridized carbons (Fsp3) is 0.812. The third-order valence-electron chi connectivity index (χ3n) is 4.14. The summed E-state index contributed by atoms with van der Waals surface area (Å²) in [5.74, 6) is 1.28. The summed E-state index contributed by atoms with van der Waals surface area (Å²) in [4.78, 5) is 16.9. The van der Waals surface area contributed by atoms with Crippen molar-refractivity contribution in [3.05, 3.63) is 11.7 Å². The fourth-order valence-electron chi connectivity index (χ4n) is 2.66. The minimum absolute atomic E-state index is 0.0624. The number of hydrogen-bond donors (Lipinski definition) is 1. The number of nitrogens with zero attached hydrogens (tertiary/aromatic N) is 2. The highest BCUT2D eigenvalue weighted by Gasteiger charge is 2.32. The van der Waals surface area contributed by atoms with Crippen LogP contribution in [0.5, 0.6) is 0 Å². The van der Waals surface area contributed by atoms with Crippen molar-refractivity contribution in [1.82, 2.24) is 15.5 Å². The zero-order valence-electron chi connectivity index (χ0n) is 14.4. The molecule has 1 aliphatic heterocycles. The van der Waals surface area contributed by atoms with E-state index in [-0.39, 0.29) is 29.7 Å². The SMILES string of the molecule is COC[C@@H](C)C(=O)N[C@@H](c1nc(C(C)C)no1)C1CCOCC1. The highest BCUT2D eigenvalue weighted by Crippen LogP contribution is 2.30. The topological polar surface area (TPSA) is 86.5 Å². The molecule has 0 saturated carbocycles. The van der Waals surface area contributed by atoms with Crippen LogP contribution in [0.2, 0.25) is 0 Å². The zero-order chi connectivity index (χ0) is 16.8. The van der Waals surface area contributed by atoms with Crippen molar-refractivity contribution in [3.63, 3.8) is 0 Å². The lowest BCUT2D eigenvalue weighted by Crippen LogP contribution is -2.39. The molecule has 7 nitrogen and oxygen atoms in total. The van der Waals surface area contributed by atoms with Gasteiger partial charge in [-0.05, 0) is 18.8 Å². The van der Waals surface area contributed by atoms with Gasteiger partial charge in [-0.25, -0.2) is 0 Å². The number of amides is 1. The molecule has 0 aromatic carbocycles. The number of hydrogen-bond acceptors (Lipinski definition) is 6. The summed E-state index contributed by atoms with van der Waals surface area (Å²) >= 11 is 0. The summed E-state index contributed by atoms with van der Waals surface area (Å²) in [5, 5.41) is 7.10. The first-order valence-electron chi connectivity index (χ1n) is 8.23. The van der Waals surface area contributed by atoms with Crippen molar-refractivity contribution in [2.75, 3.05) is 26.9 Å². The van der Waals surface area contributed by atoms with Crippen LogP contribution in [0.4, 0.5) is 0 Å². The maximum atomic E-state index is 12.4. The van der Waals surface area contributed by atoms with Crippen LogP contribution in [0.3, 0.4) is 0 Å². The van der Waals surface area contributed by atoms with Crippen LogP contribution in [0.15, 0.2) is 4.52 Å². The van der Waals surface area contributed by atoms with E-state index in [9.17, 15) is 4.79 Å².